The molecule has 2 amide bonds. The van der Waals surface area contributed by atoms with Gasteiger partial charge in [-0.2, -0.15) is 26.3 Å². The fraction of sp³-hybridized carbons (Fsp3) is 0.444. The topological polar surface area (TPSA) is 187 Å². The zero-order chi connectivity index (χ0) is 53.2. The summed E-state index contributed by atoms with van der Waals surface area (Å²) < 4.78 is 112. The molecule has 0 spiro atoms. The second-order valence-electron chi connectivity index (χ2n) is 18.9. The molecule has 22 heteroatoms. The number of esters is 1. The summed E-state index contributed by atoms with van der Waals surface area (Å²) in [5.74, 6) is -1.33. The Hall–Kier alpha value is -5.90. The number of nitrogens with zero attached hydrogens (tertiary/aromatic N) is 4. The van der Waals surface area contributed by atoms with Crippen molar-refractivity contribution in [2.45, 2.75) is 121 Å². The van der Waals surface area contributed by atoms with Crippen molar-refractivity contribution in [1.29, 1.82) is 0 Å². The minimum Gasteiger partial charge on any atom is -0.870 e. The number of nitrogens with one attached hydrogen (secondary N) is 2. The van der Waals surface area contributed by atoms with Gasteiger partial charge in [0.15, 0.2) is 0 Å². The molecule has 4 heterocycles. The van der Waals surface area contributed by atoms with Crippen molar-refractivity contribution >= 4 is 45.8 Å². The molecule has 76 heavy (non-hydrogen) atoms. The van der Waals surface area contributed by atoms with Gasteiger partial charge in [0.25, 0.3) is 11.8 Å². The number of amides is 2. The van der Waals surface area contributed by atoms with E-state index in [-0.39, 0.29) is 109 Å². The van der Waals surface area contributed by atoms with Gasteiger partial charge in [-0.3, -0.25) is 19.2 Å². The first-order valence-corrected chi connectivity index (χ1v) is 24.7. The van der Waals surface area contributed by atoms with Gasteiger partial charge in [0.05, 0.1) is 42.0 Å². The fourth-order valence-electron chi connectivity index (χ4n) is 10.0. The number of hydrogen-bond donors (Lipinski definition) is 3. The molecule has 0 saturated heterocycles. The first-order valence-electron chi connectivity index (χ1n) is 24.7. The van der Waals surface area contributed by atoms with Crippen LogP contribution in [0.4, 0.5) is 35.1 Å². The second-order valence-corrected chi connectivity index (χ2v) is 18.9. The van der Waals surface area contributed by atoms with Crippen LogP contribution in [0.2, 0.25) is 0 Å². The Bertz CT molecular complexity index is 2890. The molecule has 0 aliphatic heterocycles. The van der Waals surface area contributed by atoms with E-state index in [1.54, 1.807) is 53.0 Å². The quantitative estimate of drug-likeness (QED) is 0.0461. The SMILES string of the molecule is CCOC(=O)CC1CCC(NC(=O)c2cn(CCF)c3nccc(Cc4ccc(C(F)(F)F)cc4)c23)CC1.O=C(O)CC1CCC(NC(=O)c2cn(CCF)c3nccc(Cc4ccc(C(F)(F)F)cc4)c23)CC1.[Na+].[OH-]. The van der Waals surface area contributed by atoms with Crippen molar-refractivity contribution in [3.63, 3.8) is 0 Å². The zero-order valence-corrected chi connectivity index (χ0v) is 44.2. The molecule has 0 radical (unpaired) electrons. The molecule has 2 saturated carbocycles. The average molecular weight is 1080 g/mol. The molecule has 2 aliphatic rings. The molecule has 2 aliphatic carbocycles. The molecule has 0 unspecified atom stereocenters. The molecule has 4 N–H and O–H groups in total. The summed E-state index contributed by atoms with van der Waals surface area (Å²) in [6, 6.07) is 13.1. The normalized spacial score (nSPS) is 17.6. The Balaban J connectivity index is 0.000000274. The number of carbonyl (C=O) groups is 4. The summed E-state index contributed by atoms with van der Waals surface area (Å²) in [6.45, 7) is 0.888. The number of rotatable bonds is 17. The number of aryl methyl sites for hydroxylation is 2. The molecule has 404 valence electrons. The Labute approximate surface area is 455 Å². The van der Waals surface area contributed by atoms with Crippen LogP contribution in [0.1, 0.15) is 125 Å². The van der Waals surface area contributed by atoms with E-state index in [4.69, 9.17) is 9.84 Å². The maximum Gasteiger partial charge on any atom is 1.00 e. The van der Waals surface area contributed by atoms with Crippen molar-refractivity contribution < 1.29 is 99.2 Å². The van der Waals surface area contributed by atoms with Gasteiger partial charge in [-0.25, -0.2) is 18.7 Å². The molecule has 6 aromatic rings. The number of aromatic nitrogens is 4. The van der Waals surface area contributed by atoms with Crippen LogP contribution in [-0.2, 0) is 52.6 Å². The van der Waals surface area contributed by atoms with Crippen LogP contribution < -0.4 is 40.2 Å². The third-order valence-electron chi connectivity index (χ3n) is 13.8. The van der Waals surface area contributed by atoms with Crippen molar-refractivity contribution in [1.82, 2.24) is 29.7 Å². The van der Waals surface area contributed by atoms with E-state index in [0.29, 0.717) is 88.6 Å². The third-order valence-corrected chi connectivity index (χ3v) is 13.8. The predicted octanol–water partition coefficient (Wildman–Crippen LogP) is 8.06. The van der Waals surface area contributed by atoms with Gasteiger partial charge in [-0.15, -0.1) is 0 Å². The third kappa shape index (κ3) is 15.8. The molecule has 2 fully saturated rings. The van der Waals surface area contributed by atoms with Gasteiger partial charge in [0, 0.05) is 60.5 Å². The molecule has 8 rings (SSSR count). The maximum absolute atomic E-state index is 13.4. The Morgan fingerprint density at radius 2 is 1.00 bits per heavy atom. The molecule has 4 aromatic heterocycles. The zero-order valence-electron chi connectivity index (χ0n) is 42.2. The number of hydrogen-bond acceptors (Lipinski definition) is 8. The summed E-state index contributed by atoms with van der Waals surface area (Å²) in [6.07, 6.45) is 4.30. The van der Waals surface area contributed by atoms with Gasteiger partial charge in [0.1, 0.15) is 24.6 Å². The van der Waals surface area contributed by atoms with Gasteiger partial charge < -0.3 is 35.1 Å². The average Bonchev–Trinajstić information content (AvgIpc) is 3.93. The van der Waals surface area contributed by atoms with E-state index in [1.165, 1.54) is 24.3 Å². The minimum absolute atomic E-state index is 0. The van der Waals surface area contributed by atoms with E-state index in [1.807, 2.05) is 0 Å². The van der Waals surface area contributed by atoms with Crippen LogP contribution in [0.15, 0.2) is 85.5 Å². The standard InChI is InChI=1S/C28H31F4N3O3.C26H27F4N3O3.Na.H2O/c1-2-38-24(36)16-19-5-9-22(10-6-19)34-27(37)23-17-35(14-12-29)26-25(23)20(11-13-33-26)15-18-3-7-21(8-4-18)28(30,31)32;27-10-12-33-15-21(25(36)32-20-7-3-17(4-8-20)14-22(34)35)23-18(9-11-31-24(23)33)13-16-1-5-19(6-2-16)26(28,29)30;;/h3-4,7-8,11,13,17,19,22H,2,5-6,9-10,12,14-16H2,1H3,(H,34,37);1-2,5-6,9,11,15,17,20H,3-4,7-8,10,12-14H2,(H,32,36)(H,34,35);;1H2/q;;+1;/p-1. The van der Waals surface area contributed by atoms with Crippen LogP contribution in [0.3, 0.4) is 0 Å². The van der Waals surface area contributed by atoms with Crippen molar-refractivity contribution in [2.24, 2.45) is 11.8 Å². The summed E-state index contributed by atoms with van der Waals surface area (Å²) in [7, 11) is 0. The van der Waals surface area contributed by atoms with E-state index in [9.17, 15) is 54.3 Å². The van der Waals surface area contributed by atoms with E-state index in [2.05, 4.69) is 20.6 Å². The molecule has 13 nitrogen and oxygen atoms in total. The van der Waals surface area contributed by atoms with Gasteiger partial charge >= 0.3 is 53.8 Å². The summed E-state index contributed by atoms with van der Waals surface area (Å²) >= 11 is 0. The van der Waals surface area contributed by atoms with Crippen LogP contribution in [0.5, 0.6) is 0 Å². The number of pyridine rings is 2. The number of benzene rings is 2. The fourth-order valence-corrected chi connectivity index (χ4v) is 10.0. The smallest absolute Gasteiger partial charge is 0.870 e. The Morgan fingerprint density at radius 1 is 0.618 bits per heavy atom. The Kier molecular flexibility index (Phi) is 22.0. The monoisotopic (exact) mass is 1080 g/mol. The largest absolute Gasteiger partial charge is 1.00 e. The summed E-state index contributed by atoms with van der Waals surface area (Å²) in [5, 5.41) is 16.2. The van der Waals surface area contributed by atoms with Crippen LogP contribution >= 0.6 is 0 Å². The first kappa shape index (κ1) is 61.0. The number of carbonyl (C=O) groups excluding carboxylic acids is 3. The number of alkyl halides is 8. The predicted molar refractivity (Wildman–Crippen MR) is 262 cm³/mol. The molecular formula is C54H59F8N6NaO7. The molecule has 0 bridgehead atoms. The number of carboxylic acid groups (broad SMARTS) is 1. The number of fused-ring (bicyclic) bond motifs is 2. The molecule has 0 atom stereocenters. The summed E-state index contributed by atoms with van der Waals surface area (Å²) in [4.78, 5) is 58.2. The van der Waals surface area contributed by atoms with Crippen LogP contribution in [0, 0.1) is 11.8 Å². The van der Waals surface area contributed by atoms with E-state index >= 15 is 0 Å². The first-order chi connectivity index (χ1) is 35.3. The minimum atomic E-state index is -4.43. The van der Waals surface area contributed by atoms with Crippen molar-refractivity contribution in [3.8, 4) is 0 Å². The van der Waals surface area contributed by atoms with Crippen molar-refractivity contribution in [3.05, 3.63) is 130 Å². The van der Waals surface area contributed by atoms with Crippen LogP contribution in [-0.4, -0.2) is 85.5 Å². The van der Waals surface area contributed by atoms with E-state index < -0.39 is 42.8 Å². The van der Waals surface area contributed by atoms with Crippen LogP contribution in [0.25, 0.3) is 22.1 Å². The number of aliphatic carboxylic acids is 1. The van der Waals surface area contributed by atoms with Gasteiger partial charge in [0.2, 0.25) is 0 Å². The van der Waals surface area contributed by atoms with E-state index in [0.717, 1.165) is 55.5 Å². The molecule has 2 aromatic carbocycles. The maximum atomic E-state index is 13.4. The summed E-state index contributed by atoms with van der Waals surface area (Å²) in [5.41, 5.74) is 2.82. The van der Waals surface area contributed by atoms with Gasteiger partial charge in [-0.1, -0.05) is 24.3 Å². The molecular weight excluding hydrogens is 1020 g/mol. The van der Waals surface area contributed by atoms with Gasteiger partial charge in [-0.05, 0) is 142 Å². The second kappa shape index (κ2) is 27.4. The van der Waals surface area contributed by atoms with Crippen molar-refractivity contribution in [2.75, 3.05) is 20.0 Å². The number of carboxylic acids is 1. The number of ether oxygens (including phenoxy) is 1. The Morgan fingerprint density at radius 3 is 1.34 bits per heavy atom. The number of halogens is 8.